The normalized spacial score (nSPS) is 13.2. The van der Waals surface area contributed by atoms with Gasteiger partial charge >= 0.3 is 5.97 Å². The molecule has 7 nitrogen and oxygen atoms in total. The van der Waals surface area contributed by atoms with Gasteiger partial charge in [0.2, 0.25) is 6.79 Å². The van der Waals surface area contributed by atoms with Crippen molar-refractivity contribution < 1.29 is 28.6 Å². The Morgan fingerprint density at radius 3 is 2.76 bits per heavy atom. The summed E-state index contributed by atoms with van der Waals surface area (Å²) in [5.74, 6) is -0.372. The summed E-state index contributed by atoms with van der Waals surface area (Å²) in [6.07, 6.45) is 1.65. The van der Waals surface area contributed by atoms with E-state index in [0.29, 0.717) is 33.3 Å². The summed E-state index contributed by atoms with van der Waals surface area (Å²) in [7, 11) is 0. The lowest BCUT2D eigenvalue weighted by Gasteiger charge is -2.12. The first-order valence-electron chi connectivity index (χ1n) is 8.73. The minimum Gasteiger partial charge on any atom is -0.454 e. The molecule has 0 aliphatic carbocycles. The Hall–Kier alpha value is -3.32. The van der Waals surface area contributed by atoms with Crippen LogP contribution in [0, 0.1) is 0 Å². The van der Waals surface area contributed by atoms with Crippen LogP contribution in [0.2, 0.25) is 5.02 Å². The molecule has 0 saturated heterocycles. The average molecular weight is 416 g/mol. The van der Waals surface area contributed by atoms with Crippen molar-refractivity contribution in [2.24, 2.45) is 0 Å². The molecular weight excluding hydrogens is 398 g/mol. The van der Waals surface area contributed by atoms with Gasteiger partial charge in [0.1, 0.15) is 0 Å². The van der Waals surface area contributed by atoms with Gasteiger partial charge in [-0.2, -0.15) is 0 Å². The molecule has 2 aromatic carbocycles. The molecule has 8 heteroatoms. The number of anilines is 1. The number of hydrogen-bond acceptors (Lipinski definition) is 6. The fourth-order valence-corrected chi connectivity index (χ4v) is 2.85. The molecule has 1 N–H and O–H groups in total. The first kappa shape index (κ1) is 20.4. The number of amides is 1. The van der Waals surface area contributed by atoms with Gasteiger partial charge in [0.05, 0.1) is 5.02 Å². The number of benzene rings is 2. The van der Waals surface area contributed by atoms with Crippen LogP contribution in [0.1, 0.15) is 29.8 Å². The number of nitrogens with one attached hydrogen (secondary N) is 1. The number of esters is 1. The fourth-order valence-electron chi connectivity index (χ4n) is 2.57. The lowest BCUT2D eigenvalue weighted by molar-refractivity contribution is -0.148. The van der Waals surface area contributed by atoms with Crippen molar-refractivity contribution in [3.8, 4) is 11.5 Å². The Kier molecular flexibility index (Phi) is 6.19. The largest absolute Gasteiger partial charge is 0.454 e. The maximum absolute atomic E-state index is 12.2. The lowest BCUT2D eigenvalue weighted by atomic mass is 10.1. The molecule has 0 radical (unpaired) electrons. The Balaban J connectivity index is 1.58. The van der Waals surface area contributed by atoms with E-state index in [-0.39, 0.29) is 12.6 Å². The topological polar surface area (TPSA) is 90.9 Å². The van der Waals surface area contributed by atoms with Gasteiger partial charge < -0.3 is 19.5 Å². The van der Waals surface area contributed by atoms with Crippen LogP contribution in [0.15, 0.2) is 42.5 Å². The van der Waals surface area contributed by atoms with Crippen LogP contribution >= 0.6 is 11.6 Å². The molecule has 0 saturated carbocycles. The number of Topliss-reactive ketones (excluding diaryl/α,β-unsaturated/α-hetero) is 1. The summed E-state index contributed by atoms with van der Waals surface area (Å²) < 4.78 is 15.6. The average Bonchev–Trinajstić information content (AvgIpc) is 3.15. The highest BCUT2D eigenvalue weighted by atomic mass is 35.5. The van der Waals surface area contributed by atoms with E-state index in [0.717, 1.165) is 0 Å². The van der Waals surface area contributed by atoms with E-state index in [1.165, 1.54) is 26.0 Å². The molecule has 0 spiro atoms. The van der Waals surface area contributed by atoms with Crippen molar-refractivity contribution in [3.63, 3.8) is 0 Å². The number of rotatable bonds is 6. The zero-order chi connectivity index (χ0) is 21.0. The summed E-state index contributed by atoms with van der Waals surface area (Å²) >= 11 is 6.09. The van der Waals surface area contributed by atoms with E-state index in [1.54, 1.807) is 36.4 Å². The molecule has 3 rings (SSSR count). The zero-order valence-electron chi connectivity index (χ0n) is 15.7. The lowest BCUT2D eigenvalue weighted by Crippen LogP contribution is -2.29. The molecule has 150 valence electrons. The SMILES string of the molecule is CC(=O)c1cccc(NC(=O)[C@@H](C)OC(=O)/C=C/c2cc(Cl)c3c(c2)OCO3)c1. The second kappa shape index (κ2) is 8.79. The zero-order valence-corrected chi connectivity index (χ0v) is 16.5. The predicted molar refractivity (Wildman–Crippen MR) is 107 cm³/mol. The minimum absolute atomic E-state index is 0.0895. The third kappa shape index (κ3) is 5.14. The van der Waals surface area contributed by atoms with E-state index in [2.05, 4.69) is 5.32 Å². The molecular formula is C21H18ClNO6. The third-order valence-electron chi connectivity index (χ3n) is 4.06. The molecule has 29 heavy (non-hydrogen) atoms. The number of ketones is 1. The molecule has 2 aromatic rings. The Morgan fingerprint density at radius 1 is 1.21 bits per heavy atom. The van der Waals surface area contributed by atoms with E-state index in [9.17, 15) is 14.4 Å². The highest BCUT2D eigenvalue weighted by Gasteiger charge is 2.19. The quantitative estimate of drug-likeness (QED) is 0.437. The number of fused-ring (bicyclic) bond motifs is 1. The van der Waals surface area contributed by atoms with Gasteiger partial charge in [0.25, 0.3) is 5.91 Å². The van der Waals surface area contributed by atoms with Gasteiger partial charge in [0, 0.05) is 17.3 Å². The maximum atomic E-state index is 12.2. The molecule has 0 bridgehead atoms. The fraction of sp³-hybridized carbons (Fsp3) is 0.190. The van der Waals surface area contributed by atoms with Crippen molar-refractivity contribution >= 4 is 41.0 Å². The second-order valence-electron chi connectivity index (χ2n) is 6.28. The summed E-state index contributed by atoms with van der Waals surface area (Å²) in [6, 6.07) is 9.80. The number of carbonyl (C=O) groups excluding carboxylic acids is 3. The molecule has 0 fully saturated rings. The van der Waals surface area contributed by atoms with Gasteiger partial charge in [-0.3, -0.25) is 9.59 Å². The minimum atomic E-state index is -1.03. The van der Waals surface area contributed by atoms with Gasteiger partial charge in [-0.1, -0.05) is 23.7 Å². The van der Waals surface area contributed by atoms with Crippen molar-refractivity contribution in [1.29, 1.82) is 0 Å². The second-order valence-corrected chi connectivity index (χ2v) is 6.68. The molecule has 1 heterocycles. The van der Waals surface area contributed by atoms with Crippen molar-refractivity contribution in [2.45, 2.75) is 20.0 Å². The van der Waals surface area contributed by atoms with Crippen LogP contribution in [-0.2, 0) is 14.3 Å². The molecule has 1 aliphatic rings. The Labute approximate surface area is 172 Å². The van der Waals surface area contributed by atoms with Gasteiger partial charge in [-0.05, 0) is 49.8 Å². The highest BCUT2D eigenvalue weighted by Crippen LogP contribution is 2.40. The maximum Gasteiger partial charge on any atom is 0.331 e. The van der Waals surface area contributed by atoms with E-state index >= 15 is 0 Å². The molecule has 1 aliphatic heterocycles. The Morgan fingerprint density at radius 2 is 2.00 bits per heavy atom. The number of hydrogen-bond donors (Lipinski definition) is 1. The summed E-state index contributed by atoms with van der Waals surface area (Å²) in [4.78, 5) is 35.7. The van der Waals surface area contributed by atoms with Crippen molar-refractivity contribution in [1.82, 2.24) is 0 Å². The monoisotopic (exact) mass is 415 g/mol. The molecule has 1 atom stereocenters. The van der Waals surface area contributed by atoms with Gasteiger partial charge in [-0.25, -0.2) is 4.79 Å². The van der Waals surface area contributed by atoms with Crippen LogP contribution < -0.4 is 14.8 Å². The Bertz CT molecular complexity index is 1000. The van der Waals surface area contributed by atoms with Crippen LogP contribution in [0.3, 0.4) is 0 Å². The summed E-state index contributed by atoms with van der Waals surface area (Å²) in [5, 5.41) is 2.98. The standard InChI is InChI=1S/C21H18ClNO6/c1-12(24)15-4-3-5-16(10-15)23-21(26)13(2)29-19(25)7-6-14-8-17(22)20-18(9-14)27-11-28-20/h3-10,13H,11H2,1-2H3,(H,23,26)/b7-6+/t13-/m1/s1. The van der Waals surface area contributed by atoms with Crippen LogP contribution in [0.5, 0.6) is 11.5 Å². The molecule has 0 unspecified atom stereocenters. The van der Waals surface area contributed by atoms with Crippen molar-refractivity contribution in [3.05, 3.63) is 58.6 Å². The van der Waals surface area contributed by atoms with Crippen molar-refractivity contribution in [2.75, 3.05) is 12.1 Å². The smallest absolute Gasteiger partial charge is 0.331 e. The van der Waals surface area contributed by atoms with Crippen LogP contribution in [-0.4, -0.2) is 30.6 Å². The third-order valence-corrected chi connectivity index (χ3v) is 4.34. The summed E-state index contributed by atoms with van der Waals surface area (Å²) in [6.45, 7) is 2.98. The molecule has 0 aromatic heterocycles. The number of halogens is 1. The van der Waals surface area contributed by atoms with E-state index in [4.69, 9.17) is 25.8 Å². The van der Waals surface area contributed by atoms with Gasteiger partial charge in [0.15, 0.2) is 23.4 Å². The van der Waals surface area contributed by atoms with E-state index in [1.807, 2.05) is 0 Å². The highest BCUT2D eigenvalue weighted by molar-refractivity contribution is 6.32. The van der Waals surface area contributed by atoms with Crippen LogP contribution in [0.4, 0.5) is 5.69 Å². The first-order valence-corrected chi connectivity index (χ1v) is 9.11. The number of carbonyl (C=O) groups is 3. The van der Waals surface area contributed by atoms with Crippen LogP contribution in [0.25, 0.3) is 6.08 Å². The van der Waals surface area contributed by atoms with E-state index < -0.39 is 18.0 Å². The number of ether oxygens (including phenoxy) is 3. The predicted octanol–water partition coefficient (Wildman–Crippen LogP) is 3.85. The van der Waals surface area contributed by atoms with Gasteiger partial charge in [-0.15, -0.1) is 0 Å². The molecule has 1 amide bonds. The summed E-state index contributed by atoms with van der Waals surface area (Å²) in [5.41, 5.74) is 1.53. The first-order chi connectivity index (χ1) is 13.8.